The average Bonchev–Trinajstić information content (AvgIpc) is 2.68. The van der Waals surface area contributed by atoms with Gasteiger partial charge in [-0.05, 0) is 53.1 Å². The van der Waals surface area contributed by atoms with Crippen LogP contribution in [0.25, 0.3) is 0 Å². The first-order chi connectivity index (χ1) is 7.15. The van der Waals surface area contributed by atoms with E-state index < -0.39 is 0 Å². The molecular weight excluding hydrogens is 202 g/mol. The van der Waals surface area contributed by atoms with E-state index >= 15 is 0 Å². The van der Waals surface area contributed by atoms with Gasteiger partial charge in [0, 0.05) is 6.04 Å². The van der Waals surface area contributed by atoms with Gasteiger partial charge in [-0.3, -0.25) is 0 Å². The molecule has 84 valence electrons. The molecule has 1 aliphatic carbocycles. The smallest absolute Gasteiger partial charge is 0.0362 e. The van der Waals surface area contributed by atoms with Crippen molar-refractivity contribution in [1.82, 2.24) is 5.32 Å². The normalized spacial score (nSPS) is 25.1. The molecule has 1 N–H and O–H groups in total. The summed E-state index contributed by atoms with van der Waals surface area (Å²) in [5.74, 6) is 0.832. The standard InChI is InChI=1S/C13H21NS/c1-4-6-14-12(10-5-7-15-9-10)11-8-13(11,2)3/h5,7,9,11-12,14H,4,6,8H2,1-3H3. The van der Waals surface area contributed by atoms with Gasteiger partial charge in [0.1, 0.15) is 0 Å². The summed E-state index contributed by atoms with van der Waals surface area (Å²) >= 11 is 1.81. The molecule has 15 heavy (non-hydrogen) atoms. The predicted octanol–water partition coefficient (Wildman–Crippen LogP) is 3.83. The SMILES string of the molecule is CCCNC(c1ccsc1)C1CC1(C)C. The molecule has 1 aliphatic rings. The maximum atomic E-state index is 3.70. The topological polar surface area (TPSA) is 12.0 Å². The van der Waals surface area contributed by atoms with Crippen LogP contribution < -0.4 is 5.32 Å². The highest BCUT2D eigenvalue weighted by atomic mass is 32.1. The van der Waals surface area contributed by atoms with Crippen molar-refractivity contribution in [3.05, 3.63) is 22.4 Å². The fourth-order valence-corrected chi connectivity index (χ4v) is 3.02. The lowest BCUT2D eigenvalue weighted by Gasteiger charge is -2.19. The number of nitrogens with one attached hydrogen (secondary N) is 1. The molecule has 0 spiro atoms. The Kier molecular flexibility index (Phi) is 3.17. The zero-order valence-corrected chi connectivity index (χ0v) is 10.7. The van der Waals surface area contributed by atoms with E-state index in [1.807, 2.05) is 0 Å². The first kappa shape index (κ1) is 11.2. The van der Waals surface area contributed by atoms with Gasteiger partial charge >= 0.3 is 0 Å². The quantitative estimate of drug-likeness (QED) is 0.800. The Bertz CT molecular complexity index is 302. The third-order valence-electron chi connectivity index (χ3n) is 3.51. The first-order valence-electron chi connectivity index (χ1n) is 5.90. The predicted molar refractivity (Wildman–Crippen MR) is 67.2 cm³/mol. The van der Waals surface area contributed by atoms with E-state index in [2.05, 4.69) is 42.9 Å². The molecular formula is C13H21NS. The van der Waals surface area contributed by atoms with E-state index in [0.717, 1.165) is 12.5 Å². The van der Waals surface area contributed by atoms with Gasteiger partial charge in [0.05, 0.1) is 0 Å². The lowest BCUT2D eigenvalue weighted by atomic mass is 9.99. The highest BCUT2D eigenvalue weighted by Crippen LogP contribution is 2.57. The number of hydrogen-bond acceptors (Lipinski definition) is 2. The first-order valence-corrected chi connectivity index (χ1v) is 6.85. The molecule has 1 nitrogen and oxygen atoms in total. The molecule has 0 bridgehead atoms. The lowest BCUT2D eigenvalue weighted by molar-refractivity contribution is 0.416. The highest BCUT2D eigenvalue weighted by Gasteiger charge is 2.50. The van der Waals surface area contributed by atoms with Crippen LogP contribution in [0.3, 0.4) is 0 Å². The van der Waals surface area contributed by atoms with Crippen LogP contribution in [-0.4, -0.2) is 6.54 Å². The van der Waals surface area contributed by atoms with Crippen LogP contribution in [0.1, 0.15) is 45.2 Å². The minimum Gasteiger partial charge on any atom is -0.310 e. The molecule has 0 amide bonds. The molecule has 2 unspecified atom stereocenters. The Morgan fingerprint density at radius 1 is 1.60 bits per heavy atom. The zero-order chi connectivity index (χ0) is 10.9. The largest absolute Gasteiger partial charge is 0.310 e. The van der Waals surface area contributed by atoms with Gasteiger partial charge < -0.3 is 5.32 Å². The van der Waals surface area contributed by atoms with Crippen LogP contribution in [0.5, 0.6) is 0 Å². The van der Waals surface area contributed by atoms with Crippen molar-refractivity contribution in [3.8, 4) is 0 Å². The van der Waals surface area contributed by atoms with Gasteiger partial charge in [-0.25, -0.2) is 0 Å². The summed E-state index contributed by atoms with van der Waals surface area (Å²) in [4.78, 5) is 0. The maximum absolute atomic E-state index is 3.70. The third-order valence-corrected chi connectivity index (χ3v) is 4.21. The van der Waals surface area contributed by atoms with E-state index in [1.54, 1.807) is 11.3 Å². The third kappa shape index (κ3) is 2.43. The van der Waals surface area contributed by atoms with E-state index in [0.29, 0.717) is 11.5 Å². The monoisotopic (exact) mass is 223 g/mol. The minimum atomic E-state index is 0.549. The van der Waals surface area contributed by atoms with Gasteiger partial charge in [0.2, 0.25) is 0 Å². The van der Waals surface area contributed by atoms with Crippen LogP contribution in [0.4, 0.5) is 0 Å². The summed E-state index contributed by atoms with van der Waals surface area (Å²) in [6, 6.07) is 2.86. The maximum Gasteiger partial charge on any atom is 0.0362 e. The van der Waals surface area contributed by atoms with Crippen LogP contribution >= 0.6 is 11.3 Å². The van der Waals surface area contributed by atoms with E-state index in [-0.39, 0.29) is 0 Å². The molecule has 2 atom stereocenters. The van der Waals surface area contributed by atoms with Crippen LogP contribution in [-0.2, 0) is 0 Å². The van der Waals surface area contributed by atoms with E-state index in [9.17, 15) is 0 Å². The second kappa shape index (κ2) is 4.26. The summed E-state index contributed by atoms with van der Waals surface area (Å²) in [6.45, 7) is 8.12. The fourth-order valence-electron chi connectivity index (χ4n) is 2.32. The van der Waals surface area contributed by atoms with E-state index in [4.69, 9.17) is 0 Å². The Labute approximate surface area is 96.9 Å². The molecule has 0 saturated heterocycles. The van der Waals surface area contributed by atoms with Crippen molar-refractivity contribution in [2.45, 2.75) is 39.7 Å². The highest BCUT2D eigenvalue weighted by molar-refractivity contribution is 7.07. The summed E-state index contributed by atoms with van der Waals surface area (Å²) < 4.78 is 0. The Balaban J connectivity index is 2.04. The van der Waals surface area contributed by atoms with Gasteiger partial charge in [-0.15, -0.1) is 0 Å². The number of hydrogen-bond donors (Lipinski definition) is 1. The van der Waals surface area contributed by atoms with Crippen LogP contribution in [0, 0.1) is 11.3 Å². The summed E-state index contributed by atoms with van der Waals surface area (Å²) in [6.07, 6.45) is 2.58. The average molecular weight is 223 g/mol. The van der Waals surface area contributed by atoms with Gasteiger partial charge in [0.25, 0.3) is 0 Å². The van der Waals surface area contributed by atoms with Gasteiger partial charge in [0.15, 0.2) is 0 Å². The molecule has 1 aromatic heterocycles. The van der Waals surface area contributed by atoms with Gasteiger partial charge in [-0.1, -0.05) is 20.8 Å². The molecule has 1 heterocycles. The molecule has 1 aromatic rings. The van der Waals surface area contributed by atoms with Crippen molar-refractivity contribution in [1.29, 1.82) is 0 Å². The molecule has 1 fully saturated rings. The molecule has 0 radical (unpaired) electrons. The fraction of sp³-hybridized carbons (Fsp3) is 0.692. The minimum absolute atomic E-state index is 0.549. The Hall–Kier alpha value is -0.340. The van der Waals surface area contributed by atoms with Crippen molar-refractivity contribution >= 4 is 11.3 Å². The van der Waals surface area contributed by atoms with Gasteiger partial charge in [-0.2, -0.15) is 11.3 Å². The molecule has 2 heteroatoms. The molecule has 1 saturated carbocycles. The zero-order valence-electron chi connectivity index (χ0n) is 9.92. The second-order valence-corrected chi connectivity index (χ2v) is 6.07. The Morgan fingerprint density at radius 3 is 2.80 bits per heavy atom. The molecule has 0 aromatic carbocycles. The van der Waals surface area contributed by atoms with Crippen molar-refractivity contribution in [2.75, 3.05) is 6.54 Å². The van der Waals surface area contributed by atoms with Crippen LogP contribution in [0.2, 0.25) is 0 Å². The molecule has 2 rings (SSSR count). The summed E-state index contributed by atoms with van der Waals surface area (Å²) in [7, 11) is 0. The van der Waals surface area contributed by atoms with E-state index in [1.165, 1.54) is 18.4 Å². The van der Waals surface area contributed by atoms with Crippen molar-refractivity contribution < 1.29 is 0 Å². The number of rotatable bonds is 5. The summed E-state index contributed by atoms with van der Waals surface area (Å²) in [5.41, 5.74) is 2.04. The van der Waals surface area contributed by atoms with Crippen LogP contribution in [0.15, 0.2) is 16.8 Å². The molecule has 0 aliphatic heterocycles. The van der Waals surface area contributed by atoms with Crippen molar-refractivity contribution in [2.24, 2.45) is 11.3 Å². The summed E-state index contributed by atoms with van der Waals surface area (Å²) in [5, 5.41) is 8.18. The van der Waals surface area contributed by atoms with Crippen molar-refractivity contribution in [3.63, 3.8) is 0 Å². The second-order valence-electron chi connectivity index (χ2n) is 5.29. The lowest BCUT2D eigenvalue weighted by Crippen LogP contribution is -2.24. The number of thiophene rings is 1. The Morgan fingerprint density at radius 2 is 2.33 bits per heavy atom.